The van der Waals surface area contributed by atoms with E-state index < -0.39 is 11.2 Å². The van der Waals surface area contributed by atoms with Gasteiger partial charge in [-0.3, -0.25) is 4.79 Å². The molecule has 3 rings (SSSR count). The fraction of sp³-hybridized carbons (Fsp3) is 0.579. The van der Waals surface area contributed by atoms with Crippen molar-refractivity contribution in [2.24, 2.45) is 0 Å². The molecule has 1 fully saturated rings. The Kier molecular flexibility index (Phi) is 4.39. The summed E-state index contributed by atoms with van der Waals surface area (Å²) in [4.78, 5) is 26.6. The molecule has 2 aliphatic heterocycles. The summed E-state index contributed by atoms with van der Waals surface area (Å²) in [6.45, 7) is 6.58. The summed E-state index contributed by atoms with van der Waals surface area (Å²) in [5.41, 5.74) is -0.543. The molecule has 1 aromatic carbocycles. The molecule has 2 heterocycles. The average molecular weight is 347 g/mol. The number of hydrogen-bond acceptors (Lipinski definition) is 5. The number of nitrogens with zero attached hydrogens (tertiary/aromatic N) is 1. The van der Waals surface area contributed by atoms with E-state index in [4.69, 9.17) is 14.2 Å². The van der Waals surface area contributed by atoms with E-state index in [2.05, 4.69) is 0 Å². The van der Waals surface area contributed by atoms with Crippen molar-refractivity contribution in [2.75, 3.05) is 20.2 Å². The molecule has 6 heteroatoms. The third kappa shape index (κ3) is 3.57. The topological polar surface area (TPSA) is 65.1 Å². The summed E-state index contributed by atoms with van der Waals surface area (Å²) in [6, 6.07) is 5.39. The van der Waals surface area contributed by atoms with Crippen LogP contribution in [0.4, 0.5) is 4.79 Å². The Bertz CT molecular complexity index is 684. The maximum Gasteiger partial charge on any atom is 0.410 e. The van der Waals surface area contributed by atoms with Crippen molar-refractivity contribution in [3.63, 3.8) is 0 Å². The predicted octanol–water partition coefficient (Wildman–Crippen LogP) is 3.43. The zero-order valence-electron chi connectivity index (χ0n) is 15.3. The summed E-state index contributed by atoms with van der Waals surface area (Å²) in [5, 5.41) is 0. The molecular formula is C19H25NO5. The van der Waals surface area contributed by atoms with Crippen LogP contribution in [0.3, 0.4) is 0 Å². The molecule has 1 saturated heterocycles. The SMILES string of the molecule is COc1cccc2c1C(=O)CC1(CCN(C(=O)OC(C)(C)C)CC1)O2. The Morgan fingerprint density at radius 1 is 1.24 bits per heavy atom. The number of hydrogen-bond donors (Lipinski definition) is 0. The number of likely N-dealkylation sites (tertiary alicyclic amines) is 1. The van der Waals surface area contributed by atoms with Gasteiger partial charge in [-0.05, 0) is 32.9 Å². The molecule has 0 N–H and O–H groups in total. The van der Waals surface area contributed by atoms with Gasteiger partial charge in [0.05, 0.1) is 13.5 Å². The van der Waals surface area contributed by atoms with Crippen LogP contribution in [0.25, 0.3) is 0 Å². The molecule has 0 aliphatic carbocycles. The molecule has 0 radical (unpaired) electrons. The number of piperidine rings is 1. The van der Waals surface area contributed by atoms with Crippen molar-refractivity contribution in [3.05, 3.63) is 23.8 Å². The van der Waals surface area contributed by atoms with Crippen LogP contribution in [0.1, 0.15) is 50.4 Å². The molecular weight excluding hydrogens is 322 g/mol. The first-order valence-electron chi connectivity index (χ1n) is 8.60. The largest absolute Gasteiger partial charge is 0.496 e. The summed E-state index contributed by atoms with van der Waals surface area (Å²) in [7, 11) is 1.55. The molecule has 0 unspecified atom stereocenters. The highest BCUT2D eigenvalue weighted by Crippen LogP contribution is 2.42. The normalized spacial score (nSPS) is 19.2. The van der Waals surface area contributed by atoms with Crippen molar-refractivity contribution >= 4 is 11.9 Å². The van der Waals surface area contributed by atoms with Gasteiger partial charge in [-0.2, -0.15) is 0 Å². The van der Waals surface area contributed by atoms with Crippen LogP contribution in [0.2, 0.25) is 0 Å². The number of carbonyl (C=O) groups is 2. The molecule has 136 valence electrons. The number of methoxy groups -OCH3 is 1. The van der Waals surface area contributed by atoms with E-state index in [0.29, 0.717) is 49.4 Å². The number of ether oxygens (including phenoxy) is 3. The van der Waals surface area contributed by atoms with E-state index in [1.807, 2.05) is 26.8 Å². The Hall–Kier alpha value is -2.24. The number of benzene rings is 1. The zero-order valence-corrected chi connectivity index (χ0v) is 15.3. The Morgan fingerprint density at radius 3 is 2.52 bits per heavy atom. The minimum Gasteiger partial charge on any atom is -0.496 e. The number of fused-ring (bicyclic) bond motifs is 1. The van der Waals surface area contributed by atoms with Crippen molar-refractivity contribution in [1.82, 2.24) is 4.90 Å². The molecule has 0 saturated carbocycles. The summed E-state index contributed by atoms with van der Waals surface area (Å²) < 4.78 is 16.9. The van der Waals surface area contributed by atoms with E-state index in [9.17, 15) is 9.59 Å². The van der Waals surface area contributed by atoms with E-state index in [-0.39, 0.29) is 11.9 Å². The minimum atomic E-state index is -0.547. The van der Waals surface area contributed by atoms with E-state index >= 15 is 0 Å². The average Bonchev–Trinajstić information content (AvgIpc) is 2.53. The molecule has 1 spiro atoms. The highest BCUT2D eigenvalue weighted by Gasteiger charge is 2.45. The molecule has 2 aliphatic rings. The second-order valence-corrected chi connectivity index (χ2v) is 7.69. The van der Waals surface area contributed by atoms with Crippen LogP contribution < -0.4 is 9.47 Å². The number of amides is 1. The lowest BCUT2D eigenvalue weighted by atomic mass is 9.82. The molecule has 1 aromatic rings. The lowest BCUT2D eigenvalue weighted by Crippen LogP contribution is -2.53. The standard InChI is InChI=1S/C19H25NO5/c1-18(2,3)25-17(22)20-10-8-19(9-11-20)12-13(21)16-14(23-4)6-5-7-15(16)24-19/h5-7H,8-12H2,1-4H3. The minimum absolute atomic E-state index is 0.0319. The highest BCUT2D eigenvalue weighted by atomic mass is 16.6. The fourth-order valence-corrected chi connectivity index (χ4v) is 3.39. The lowest BCUT2D eigenvalue weighted by molar-refractivity contribution is -0.0227. The predicted molar refractivity (Wildman–Crippen MR) is 92.3 cm³/mol. The first kappa shape index (κ1) is 17.6. The quantitative estimate of drug-likeness (QED) is 0.779. The summed E-state index contributed by atoms with van der Waals surface area (Å²) >= 11 is 0. The monoisotopic (exact) mass is 347 g/mol. The molecule has 25 heavy (non-hydrogen) atoms. The number of carbonyl (C=O) groups excluding carboxylic acids is 2. The first-order chi connectivity index (χ1) is 11.7. The van der Waals surface area contributed by atoms with Gasteiger partial charge in [0.15, 0.2) is 5.78 Å². The van der Waals surface area contributed by atoms with Crippen LogP contribution >= 0.6 is 0 Å². The molecule has 0 aromatic heterocycles. The van der Waals surface area contributed by atoms with Crippen LogP contribution in [-0.4, -0.2) is 48.2 Å². The van der Waals surface area contributed by atoms with E-state index in [1.54, 1.807) is 24.1 Å². The maximum atomic E-state index is 12.7. The molecule has 0 atom stereocenters. The maximum absolute atomic E-state index is 12.7. The van der Waals surface area contributed by atoms with Crippen LogP contribution in [0.5, 0.6) is 11.5 Å². The Morgan fingerprint density at radius 2 is 1.92 bits per heavy atom. The van der Waals surface area contributed by atoms with Gasteiger partial charge in [-0.1, -0.05) is 6.07 Å². The third-order valence-electron chi connectivity index (χ3n) is 4.62. The van der Waals surface area contributed by atoms with Crippen LogP contribution in [0.15, 0.2) is 18.2 Å². The second kappa shape index (κ2) is 6.24. The van der Waals surface area contributed by atoms with Crippen LogP contribution in [0, 0.1) is 0 Å². The Balaban J connectivity index is 1.72. The zero-order chi connectivity index (χ0) is 18.2. The smallest absolute Gasteiger partial charge is 0.410 e. The summed E-state index contributed by atoms with van der Waals surface area (Å²) in [6.07, 6.45) is 1.21. The van der Waals surface area contributed by atoms with Gasteiger partial charge >= 0.3 is 6.09 Å². The number of Topliss-reactive ketones (excluding diaryl/α,β-unsaturated/α-hetero) is 1. The first-order valence-corrected chi connectivity index (χ1v) is 8.60. The van der Waals surface area contributed by atoms with E-state index in [0.717, 1.165) is 0 Å². The van der Waals surface area contributed by atoms with Gasteiger partial charge < -0.3 is 19.1 Å². The third-order valence-corrected chi connectivity index (χ3v) is 4.62. The van der Waals surface area contributed by atoms with Crippen LogP contribution in [-0.2, 0) is 4.74 Å². The van der Waals surface area contributed by atoms with Crippen molar-refractivity contribution < 1.29 is 23.8 Å². The molecule has 6 nitrogen and oxygen atoms in total. The van der Waals surface area contributed by atoms with Gasteiger partial charge in [0.1, 0.15) is 28.3 Å². The number of ketones is 1. The van der Waals surface area contributed by atoms with Gasteiger partial charge in [0.2, 0.25) is 0 Å². The summed E-state index contributed by atoms with van der Waals surface area (Å²) in [5.74, 6) is 1.15. The van der Waals surface area contributed by atoms with E-state index in [1.165, 1.54) is 0 Å². The van der Waals surface area contributed by atoms with Gasteiger partial charge in [0.25, 0.3) is 0 Å². The lowest BCUT2D eigenvalue weighted by Gasteiger charge is -2.44. The second-order valence-electron chi connectivity index (χ2n) is 7.69. The van der Waals surface area contributed by atoms with Gasteiger partial charge in [-0.25, -0.2) is 4.79 Å². The van der Waals surface area contributed by atoms with Gasteiger partial charge in [0, 0.05) is 25.9 Å². The molecule has 0 bridgehead atoms. The van der Waals surface area contributed by atoms with Crippen molar-refractivity contribution in [2.45, 2.75) is 51.2 Å². The Labute approximate surface area is 148 Å². The van der Waals surface area contributed by atoms with Gasteiger partial charge in [-0.15, -0.1) is 0 Å². The van der Waals surface area contributed by atoms with Crippen molar-refractivity contribution in [1.29, 1.82) is 0 Å². The fourth-order valence-electron chi connectivity index (χ4n) is 3.39. The van der Waals surface area contributed by atoms with Crippen molar-refractivity contribution in [3.8, 4) is 11.5 Å². The molecule has 1 amide bonds. The highest BCUT2D eigenvalue weighted by molar-refractivity contribution is 6.02. The number of rotatable bonds is 1.